The van der Waals surface area contributed by atoms with E-state index in [1.54, 1.807) is 20.8 Å². The average molecular weight is 396 g/mol. The number of amides is 1. The molecule has 0 saturated heterocycles. The minimum Gasteiger partial charge on any atom is -0.494 e. The second-order valence-electron chi connectivity index (χ2n) is 5.69. The zero-order valence-electron chi connectivity index (χ0n) is 16.3. The van der Waals surface area contributed by atoms with Crippen molar-refractivity contribution in [2.45, 2.75) is 39.7 Å². The Morgan fingerprint density at radius 1 is 1.07 bits per heavy atom. The van der Waals surface area contributed by atoms with Gasteiger partial charge in [-0.05, 0) is 26.8 Å². The third-order valence-corrected chi connectivity index (χ3v) is 3.65. The molecule has 0 aliphatic heterocycles. The number of carbonyl (C=O) groups excluding carboxylic acids is 3. The van der Waals surface area contributed by atoms with Gasteiger partial charge in [0.05, 0.1) is 24.7 Å². The molecular formula is C18H24N2O8. The normalized spacial score (nSPS) is 10.7. The van der Waals surface area contributed by atoms with Gasteiger partial charge in [-0.3, -0.25) is 14.9 Å². The minimum atomic E-state index is -2.21. The lowest BCUT2D eigenvalue weighted by Crippen LogP contribution is -2.62. The van der Waals surface area contributed by atoms with Crippen LogP contribution >= 0.6 is 0 Å². The summed E-state index contributed by atoms with van der Waals surface area (Å²) < 4.78 is 15.5. The van der Waals surface area contributed by atoms with Crippen molar-refractivity contribution in [3.63, 3.8) is 0 Å². The lowest BCUT2D eigenvalue weighted by molar-refractivity contribution is -0.384. The van der Waals surface area contributed by atoms with Crippen LogP contribution < -0.4 is 10.1 Å². The molecule has 1 N–H and O–H groups in total. The van der Waals surface area contributed by atoms with Crippen LogP contribution in [0.15, 0.2) is 18.2 Å². The lowest BCUT2D eigenvalue weighted by atomic mass is 9.89. The Hall–Kier alpha value is -3.17. The van der Waals surface area contributed by atoms with Gasteiger partial charge in [-0.25, -0.2) is 9.59 Å². The summed E-state index contributed by atoms with van der Waals surface area (Å²) in [5.74, 6) is -2.50. The van der Waals surface area contributed by atoms with Gasteiger partial charge in [-0.15, -0.1) is 0 Å². The Bertz CT molecular complexity index is 729. The van der Waals surface area contributed by atoms with E-state index in [0.29, 0.717) is 0 Å². The van der Waals surface area contributed by atoms with Gasteiger partial charge in [0.2, 0.25) is 11.4 Å². The van der Waals surface area contributed by atoms with Crippen molar-refractivity contribution in [1.29, 1.82) is 0 Å². The summed E-state index contributed by atoms with van der Waals surface area (Å²) in [6.45, 7) is 6.07. The number of nitrogens with zero attached hydrogens (tertiary/aromatic N) is 1. The standard InChI is InChI=1S/C18H24N2O8/c1-5-26-15-9-8-14(20(24)25)10-13(15)11-18(19-12(4)21,16(22)27-6-2)17(23)28-7-3/h8-10H,5-7,11H2,1-4H3,(H,19,21). The molecule has 1 rings (SSSR count). The van der Waals surface area contributed by atoms with E-state index >= 15 is 0 Å². The predicted molar refractivity (Wildman–Crippen MR) is 97.8 cm³/mol. The highest BCUT2D eigenvalue weighted by Gasteiger charge is 2.50. The molecule has 10 nitrogen and oxygen atoms in total. The Morgan fingerprint density at radius 2 is 1.64 bits per heavy atom. The summed E-state index contributed by atoms with van der Waals surface area (Å²) in [4.78, 5) is 47.7. The van der Waals surface area contributed by atoms with E-state index in [2.05, 4.69) is 5.32 Å². The highest BCUT2D eigenvalue weighted by Crippen LogP contribution is 2.29. The van der Waals surface area contributed by atoms with Crippen LogP contribution in [0.2, 0.25) is 0 Å². The third kappa shape index (κ3) is 5.41. The second-order valence-corrected chi connectivity index (χ2v) is 5.69. The van der Waals surface area contributed by atoms with Crippen LogP contribution in [0.4, 0.5) is 5.69 Å². The monoisotopic (exact) mass is 396 g/mol. The SMILES string of the molecule is CCOC(=O)C(Cc1cc([N+](=O)[O-])ccc1OCC)(NC(C)=O)C(=O)OCC. The molecule has 0 fully saturated rings. The van der Waals surface area contributed by atoms with Crippen molar-refractivity contribution in [3.8, 4) is 5.75 Å². The molecule has 0 radical (unpaired) electrons. The molecule has 10 heteroatoms. The Kier molecular flexibility index (Phi) is 8.36. The van der Waals surface area contributed by atoms with Gasteiger partial charge in [0, 0.05) is 31.0 Å². The summed E-state index contributed by atoms with van der Waals surface area (Å²) in [5, 5.41) is 13.5. The Balaban J connectivity index is 3.58. The summed E-state index contributed by atoms with van der Waals surface area (Å²) in [6, 6.07) is 3.79. The number of hydrogen-bond acceptors (Lipinski definition) is 8. The number of nitro groups is 1. The highest BCUT2D eigenvalue weighted by atomic mass is 16.6. The summed E-state index contributed by atoms with van der Waals surface area (Å²) in [7, 11) is 0. The van der Waals surface area contributed by atoms with Gasteiger partial charge in [-0.1, -0.05) is 0 Å². The molecule has 1 aromatic carbocycles. The molecule has 1 amide bonds. The Morgan fingerprint density at radius 3 is 2.07 bits per heavy atom. The fraction of sp³-hybridized carbons (Fsp3) is 0.500. The first-order valence-electron chi connectivity index (χ1n) is 8.75. The maximum Gasteiger partial charge on any atom is 0.344 e. The molecule has 0 heterocycles. The van der Waals surface area contributed by atoms with Crippen LogP contribution in [0.1, 0.15) is 33.3 Å². The number of hydrogen-bond donors (Lipinski definition) is 1. The summed E-state index contributed by atoms with van der Waals surface area (Å²) in [5.41, 5.74) is -2.30. The molecule has 0 aromatic heterocycles. The Labute approximate surface area is 162 Å². The molecule has 1 aromatic rings. The molecule has 28 heavy (non-hydrogen) atoms. The summed E-state index contributed by atoms with van der Waals surface area (Å²) in [6.07, 6.45) is -0.443. The fourth-order valence-electron chi connectivity index (χ4n) is 2.58. The first-order chi connectivity index (χ1) is 13.2. The van der Waals surface area contributed by atoms with Gasteiger partial charge in [0.25, 0.3) is 5.69 Å². The molecular weight excluding hydrogens is 372 g/mol. The van der Waals surface area contributed by atoms with E-state index in [1.807, 2.05) is 0 Å². The number of nitrogens with one attached hydrogen (secondary N) is 1. The molecule has 0 saturated carbocycles. The molecule has 0 aliphatic rings. The first-order valence-corrected chi connectivity index (χ1v) is 8.75. The van der Waals surface area contributed by atoms with Gasteiger partial charge < -0.3 is 19.5 Å². The molecule has 0 spiro atoms. The van der Waals surface area contributed by atoms with Crippen LogP contribution in [-0.4, -0.2) is 48.1 Å². The average Bonchev–Trinajstić information content (AvgIpc) is 2.62. The second kappa shape index (κ2) is 10.2. The number of rotatable bonds is 10. The fourth-order valence-corrected chi connectivity index (χ4v) is 2.58. The zero-order valence-corrected chi connectivity index (χ0v) is 16.3. The maximum absolute atomic E-state index is 12.7. The van der Waals surface area contributed by atoms with E-state index in [-0.39, 0.29) is 36.8 Å². The van der Waals surface area contributed by atoms with E-state index in [9.17, 15) is 24.5 Å². The molecule has 0 unspecified atom stereocenters. The van der Waals surface area contributed by atoms with Crippen LogP contribution in [0.25, 0.3) is 0 Å². The van der Waals surface area contributed by atoms with Crippen LogP contribution in [0, 0.1) is 10.1 Å². The van der Waals surface area contributed by atoms with Gasteiger partial charge in [0.1, 0.15) is 5.75 Å². The number of carbonyl (C=O) groups is 3. The van der Waals surface area contributed by atoms with Crippen molar-refractivity contribution in [3.05, 3.63) is 33.9 Å². The van der Waals surface area contributed by atoms with E-state index in [1.165, 1.54) is 18.2 Å². The molecule has 154 valence electrons. The number of benzene rings is 1. The quantitative estimate of drug-likeness (QED) is 0.272. The number of esters is 2. The number of non-ortho nitro benzene ring substituents is 1. The van der Waals surface area contributed by atoms with Crippen LogP contribution in [0.3, 0.4) is 0 Å². The van der Waals surface area contributed by atoms with Crippen molar-refractivity contribution in [2.24, 2.45) is 0 Å². The van der Waals surface area contributed by atoms with Gasteiger partial charge >= 0.3 is 11.9 Å². The predicted octanol–water partition coefficient (Wildman–Crippen LogP) is 1.54. The van der Waals surface area contributed by atoms with Gasteiger partial charge in [0.15, 0.2) is 0 Å². The van der Waals surface area contributed by atoms with Crippen molar-refractivity contribution < 1.29 is 33.5 Å². The largest absolute Gasteiger partial charge is 0.494 e. The van der Waals surface area contributed by atoms with Crippen LogP contribution in [-0.2, 0) is 30.3 Å². The maximum atomic E-state index is 12.7. The molecule has 0 bridgehead atoms. The number of nitro benzene ring substituents is 1. The van der Waals surface area contributed by atoms with E-state index < -0.39 is 34.7 Å². The van der Waals surface area contributed by atoms with E-state index in [0.717, 1.165) is 6.92 Å². The van der Waals surface area contributed by atoms with Crippen molar-refractivity contribution in [1.82, 2.24) is 5.32 Å². The molecule has 0 aliphatic carbocycles. The lowest BCUT2D eigenvalue weighted by Gasteiger charge is -2.30. The first kappa shape index (κ1) is 22.9. The van der Waals surface area contributed by atoms with Gasteiger partial charge in [-0.2, -0.15) is 0 Å². The van der Waals surface area contributed by atoms with E-state index in [4.69, 9.17) is 14.2 Å². The van der Waals surface area contributed by atoms with Crippen LogP contribution in [0.5, 0.6) is 5.75 Å². The van der Waals surface area contributed by atoms with Crippen molar-refractivity contribution in [2.75, 3.05) is 19.8 Å². The molecule has 0 atom stereocenters. The highest BCUT2D eigenvalue weighted by molar-refractivity contribution is 6.08. The topological polar surface area (TPSA) is 134 Å². The number of ether oxygens (including phenoxy) is 3. The minimum absolute atomic E-state index is 0.0488. The smallest absolute Gasteiger partial charge is 0.344 e. The van der Waals surface area contributed by atoms with Crippen molar-refractivity contribution >= 4 is 23.5 Å². The zero-order chi connectivity index (χ0) is 21.3. The third-order valence-electron chi connectivity index (χ3n) is 3.65. The summed E-state index contributed by atoms with van der Waals surface area (Å²) >= 11 is 0.